The van der Waals surface area contributed by atoms with Crippen LogP contribution in [0.25, 0.3) is 0 Å². The van der Waals surface area contributed by atoms with Gasteiger partial charge in [0.1, 0.15) is 0 Å². The highest BCUT2D eigenvalue weighted by Gasteiger charge is 2.11. The van der Waals surface area contributed by atoms with E-state index >= 15 is 0 Å². The van der Waals surface area contributed by atoms with Gasteiger partial charge in [0.15, 0.2) is 0 Å². The minimum absolute atomic E-state index is 0.748. The van der Waals surface area contributed by atoms with E-state index < -0.39 is 0 Å². The molecule has 1 saturated carbocycles. The first-order chi connectivity index (χ1) is 9.74. The van der Waals surface area contributed by atoms with Crippen molar-refractivity contribution >= 4 is 0 Å². The minimum atomic E-state index is 0.748. The lowest BCUT2D eigenvalue weighted by molar-refractivity contribution is 0.459. The van der Waals surface area contributed by atoms with Crippen LogP contribution in [-0.4, -0.2) is 6.04 Å². The number of benzene rings is 1. The smallest absolute Gasteiger partial charge is 0.0208 e. The summed E-state index contributed by atoms with van der Waals surface area (Å²) in [6.07, 6.45) is 10.9. The van der Waals surface area contributed by atoms with Crippen molar-refractivity contribution in [1.82, 2.24) is 5.32 Å². The summed E-state index contributed by atoms with van der Waals surface area (Å²) in [6.45, 7) is 5.63. The molecule has 1 aliphatic rings. The van der Waals surface area contributed by atoms with Gasteiger partial charge in [0.05, 0.1) is 0 Å². The highest BCUT2D eigenvalue weighted by atomic mass is 14.9. The molecule has 1 aromatic carbocycles. The molecule has 0 aliphatic heterocycles. The lowest BCUT2D eigenvalue weighted by Gasteiger charge is -2.16. The standard InChI is InChI=1S/C19H31N/c1-16(2)9-10-17-11-13-18(14-12-17)15-20-19-7-5-3-4-6-8-19/h11-14,16,19-20H,3-10,15H2,1-2H3. The lowest BCUT2D eigenvalue weighted by atomic mass is 10.0. The molecule has 0 amide bonds. The van der Waals surface area contributed by atoms with Crippen molar-refractivity contribution in [2.45, 2.75) is 77.8 Å². The maximum Gasteiger partial charge on any atom is 0.0208 e. The van der Waals surface area contributed by atoms with Crippen LogP contribution in [0.5, 0.6) is 0 Å². The molecule has 0 spiro atoms. The van der Waals surface area contributed by atoms with Gasteiger partial charge < -0.3 is 5.32 Å². The first kappa shape index (κ1) is 15.6. The molecule has 0 saturated heterocycles. The van der Waals surface area contributed by atoms with Gasteiger partial charge in [-0.2, -0.15) is 0 Å². The van der Waals surface area contributed by atoms with Gasteiger partial charge in [-0.3, -0.25) is 0 Å². The fraction of sp³-hybridized carbons (Fsp3) is 0.684. The first-order valence-electron chi connectivity index (χ1n) is 8.55. The molecule has 1 fully saturated rings. The third kappa shape index (κ3) is 5.66. The molecule has 1 aliphatic carbocycles. The molecule has 0 atom stereocenters. The first-order valence-corrected chi connectivity index (χ1v) is 8.55. The number of rotatable bonds is 6. The van der Waals surface area contributed by atoms with Crippen LogP contribution in [0.2, 0.25) is 0 Å². The van der Waals surface area contributed by atoms with E-state index in [0.717, 1.165) is 18.5 Å². The Morgan fingerprint density at radius 3 is 2.15 bits per heavy atom. The Morgan fingerprint density at radius 1 is 0.950 bits per heavy atom. The van der Waals surface area contributed by atoms with E-state index in [1.54, 1.807) is 0 Å². The van der Waals surface area contributed by atoms with Crippen molar-refractivity contribution in [3.63, 3.8) is 0 Å². The summed E-state index contributed by atoms with van der Waals surface area (Å²) in [4.78, 5) is 0. The van der Waals surface area contributed by atoms with Crippen LogP contribution in [0.15, 0.2) is 24.3 Å². The van der Waals surface area contributed by atoms with Gasteiger partial charge in [0, 0.05) is 12.6 Å². The number of hydrogen-bond donors (Lipinski definition) is 1. The second-order valence-corrected chi connectivity index (χ2v) is 6.82. The monoisotopic (exact) mass is 273 g/mol. The highest BCUT2D eigenvalue weighted by Crippen LogP contribution is 2.18. The quantitative estimate of drug-likeness (QED) is 0.712. The van der Waals surface area contributed by atoms with Crippen LogP contribution in [0, 0.1) is 5.92 Å². The molecule has 2 rings (SSSR count). The van der Waals surface area contributed by atoms with E-state index in [-0.39, 0.29) is 0 Å². The predicted octanol–water partition coefficient (Wildman–Crippen LogP) is 5.09. The highest BCUT2D eigenvalue weighted by molar-refractivity contribution is 5.22. The summed E-state index contributed by atoms with van der Waals surface area (Å²) in [5.74, 6) is 0.798. The maximum absolute atomic E-state index is 3.75. The van der Waals surface area contributed by atoms with Gasteiger partial charge in [0.2, 0.25) is 0 Å². The van der Waals surface area contributed by atoms with E-state index in [1.165, 1.54) is 62.5 Å². The Bertz CT molecular complexity index is 358. The van der Waals surface area contributed by atoms with E-state index in [2.05, 4.69) is 43.4 Å². The number of aryl methyl sites for hydroxylation is 1. The summed E-state index contributed by atoms with van der Waals surface area (Å²) < 4.78 is 0. The van der Waals surface area contributed by atoms with E-state index in [1.807, 2.05) is 0 Å². The molecular weight excluding hydrogens is 242 g/mol. The molecule has 112 valence electrons. The van der Waals surface area contributed by atoms with Crippen LogP contribution in [0.4, 0.5) is 0 Å². The third-order valence-electron chi connectivity index (χ3n) is 4.48. The summed E-state index contributed by atoms with van der Waals surface area (Å²) in [6, 6.07) is 9.98. The Morgan fingerprint density at radius 2 is 1.55 bits per heavy atom. The fourth-order valence-corrected chi connectivity index (χ4v) is 3.02. The largest absolute Gasteiger partial charge is 0.310 e. The summed E-state index contributed by atoms with van der Waals surface area (Å²) in [5.41, 5.74) is 2.92. The van der Waals surface area contributed by atoms with Gasteiger partial charge in [-0.1, -0.05) is 63.8 Å². The van der Waals surface area contributed by atoms with Crippen molar-refractivity contribution < 1.29 is 0 Å². The van der Waals surface area contributed by atoms with Gasteiger partial charge in [0.25, 0.3) is 0 Å². The van der Waals surface area contributed by atoms with Gasteiger partial charge in [-0.05, 0) is 42.7 Å². The summed E-state index contributed by atoms with van der Waals surface area (Å²) >= 11 is 0. The maximum atomic E-state index is 3.75. The minimum Gasteiger partial charge on any atom is -0.310 e. The molecule has 0 unspecified atom stereocenters. The van der Waals surface area contributed by atoms with E-state index in [4.69, 9.17) is 0 Å². The van der Waals surface area contributed by atoms with Gasteiger partial charge in [-0.25, -0.2) is 0 Å². The average Bonchev–Trinajstić information content (AvgIpc) is 2.72. The lowest BCUT2D eigenvalue weighted by Crippen LogP contribution is -2.27. The molecule has 0 radical (unpaired) electrons. The molecule has 1 N–H and O–H groups in total. The zero-order valence-corrected chi connectivity index (χ0v) is 13.3. The zero-order valence-electron chi connectivity index (χ0n) is 13.3. The molecule has 0 aromatic heterocycles. The van der Waals surface area contributed by atoms with E-state index in [0.29, 0.717) is 0 Å². The normalized spacial score (nSPS) is 17.4. The molecule has 0 heterocycles. The molecule has 1 nitrogen and oxygen atoms in total. The number of hydrogen-bond acceptors (Lipinski definition) is 1. The second-order valence-electron chi connectivity index (χ2n) is 6.82. The van der Waals surface area contributed by atoms with Crippen LogP contribution >= 0.6 is 0 Å². The van der Waals surface area contributed by atoms with Crippen molar-refractivity contribution in [2.75, 3.05) is 0 Å². The average molecular weight is 273 g/mol. The summed E-state index contributed by atoms with van der Waals surface area (Å²) in [7, 11) is 0. The summed E-state index contributed by atoms with van der Waals surface area (Å²) in [5, 5.41) is 3.75. The molecule has 1 aromatic rings. The van der Waals surface area contributed by atoms with Crippen molar-refractivity contribution in [3.8, 4) is 0 Å². The van der Waals surface area contributed by atoms with Crippen LogP contribution in [0.1, 0.15) is 69.9 Å². The SMILES string of the molecule is CC(C)CCc1ccc(CNC2CCCCCC2)cc1. The number of nitrogens with one attached hydrogen (secondary N) is 1. The Labute approximate surface area is 125 Å². The van der Waals surface area contributed by atoms with Crippen LogP contribution < -0.4 is 5.32 Å². The van der Waals surface area contributed by atoms with Crippen LogP contribution in [0.3, 0.4) is 0 Å². The Balaban J connectivity index is 1.75. The molecule has 0 bridgehead atoms. The Hall–Kier alpha value is -0.820. The Kier molecular flexibility index (Phi) is 6.59. The van der Waals surface area contributed by atoms with Crippen molar-refractivity contribution in [3.05, 3.63) is 35.4 Å². The molecular formula is C19H31N. The van der Waals surface area contributed by atoms with Gasteiger partial charge >= 0.3 is 0 Å². The van der Waals surface area contributed by atoms with Gasteiger partial charge in [-0.15, -0.1) is 0 Å². The van der Waals surface area contributed by atoms with E-state index in [9.17, 15) is 0 Å². The second kappa shape index (κ2) is 8.46. The van der Waals surface area contributed by atoms with Crippen LogP contribution in [-0.2, 0) is 13.0 Å². The van der Waals surface area contributed by atoms with Crippen molar-refractivity contribution in [1.29, 1.82) is 0 Å². The topological polar surface area (TPSA) is 12.0 Å². The molecule has 20 heavy (non-hydrogen) atoms. The van der Waals surface area contributed by atoms with Crippen molar-refractivity contribution in [2.24, 2.45) is 5.92 Å². The zero-order chi connectivity index (χ0) is 14.2. The fourth-order valence-electron chi connectivity index (χ4n) is 3.02. The third-order valence-corrected chi connectivity index (χ3v) is 4.48. The molecule has 1 heteroatoms. The predicted molar refractivity (Wildman–Crippen MR) is 87.9 cm³/mol.